The second-order valence-corrected chi connectivity index (χ2v) is 7.91. The molecular formula is C27H33NO5. The van der Waals surface area contributed by atoms with E-state index >= 15 is 0 Å². The Morgan fingerprint density at radius 2 is 1.39 bits per heavy atom. The molecule has 1 unspecified atom stereocenters. The molecule has 0 spiro atoms. The Hall–Kier alpha value is -3.06. The number of rotatable bonds is 13. The molecule has 0 aromatic heterocycles. The van der Waals surface area contributed by atoms with Crippen molar-refractivity contribution >= 4 is 0 Å². The predicted molar refractivity (Wildman–Crippen MR) is 129 cm³/mol. The van der Waals surface area contributed by atoms with Gasteiger partial charge < -0.3 is 29.7 Å². The van der Waals surface area contributed by atoms with Gasteiger partial charge in [-0.2, -0.15) is 0 Å². The lowest BCUT2D eigenvalue weighted by Crippen LogP contribution is -2.33. The van der Waals surface area contributed by atoms with Gasteiger partial charge in [0.15, 0.2) is 0 Å². The van der Waals surface area contributed by atoms with E-state index in [-0.39, 0.29) is 6.61 Å². The van der Waals surface area contributed by atoms with Gasteiger partial charge in [-0.1, -0.05) is 42.5 Å². The topological polar surface area (TPSA) is 80.2 Å². The largest absolute Gasteiger partial charge is 0.497 e. The number of aliphatic hydroxyl groups is 2. The van der Waals surface area contributed by atoms with Crippen molar-refractivity contribution in [2.75, 3.05) is 33.9 Å². The van der Waals surface area contributed by atoms with Crippen molar-refractivity contribution in [1.29, 1.82) is 0 Å². The van der Waals surface area contributed by atoms with Crippen molar-refractivity contribution in [1.82, 2.24) is 5.32 Å². The zero-order valence-electron chi connectivity index (χ0n) is 19.2. The van der Waals surface area contributed by atoms with Crippen molar-refractivity contribution in [3.05, 3.63) is 90.0 Å². The van der Waals surface area contributed by atoms with Gasteiger partial charge in [0.2, 0.25) is 0 Å². The van der Waals surface area contributed by atoms with Crippen LogP contribution in [-0.2, 0) is 5.60 Å². The van der Waals surface area contributed by atoms with Crippen LogP contribution in [0.15, 0.2) is 78.9 Å². The van der Waals surface area contributed by atoms with Gasteiger partial charge in [-0.25, -0.2) is 0 Å². The zero-order chi connectivity index (χ0) is 23.5. The summed E-state index contributed by atoms with van der Waals surface area (Å²) in [5.41, 5.74) is 0.303. The first kappa shape index (κ1) is 24.6. The third-order valence-corrected chi connectivity index (χ3v) is 5.55. The molecule has 1 atom stereocenters. The van der Waals surface area contributed by atoms with E-state index in [1.54, 1.807) is 14.2 Å². The highest BCUT2D eigenvalue weighted by atomic mass is 16.5. The highest BCUT2D eigenvalue weighted by molar-refractivity contribution is 5.42. The number of methoxy groups -OCH3 is 2. The molecule has 6 nitrogen and oxygen atoms in total. The monoisotopic (exact) mass is 451 g/mol. The number of hydrogen-bond acceptors (Lipinski definition) is 6. The van der Waals surface area contributed by atoms with E-state index in [0.29, 0.717) is 37.4 Å². The Balaban J connectivity index is 1.58. The van der Waals surface area contributed by atoms with Crippen LogP contribution in [0, 0.1) is 0 Å². The lowest BCUT2D eigenvalue weighted by atomic mass is 9.82. The lowest BCUT2D eigenvalue weighted by Gasteiger charge is -2.30. The van der Waals surface area contributed by atoms with E-state index in [2.05, 4.69) is 5.32 Å². The highest BCUT2D eigenvalue weighted by Gasteiger charge is 2.32. The highest BCUT2D eigenvalue weighted by Crippen LogP contribution is 2.37. The first-order valence-electron chi connectivity index (χ1n) is 11.1. The molecule has 0 saturated heterocycles. The fourth-order valence-electron chi connectivity index (χ4n) is 3.72. The van der Waals surface area contributed by atoms with Gasteiger partial charge in [0.05, 0.1) is 14.2 Å². The van der Waals surface area contributed by atoms with Crippen molar-refractivity contribution in [2.24, 2.45) is 0 Å². The van der Waals surface area contributed by atoms with Gasteiger partial charge in [0.1, 0.15) is 35.6 Å². The summed E-state index contributed by atoms with van der Waals surface area (Å²) in [6, 6.07) is 24.4. The van der Waals surface area contributed by atoms with E-state index in [1.807, 2.05) is 78.9 Å². The molecule has 0 bridgehead atoms. The van der Waals surface area contributed by atoms with Crippen LogP contribution in [0.4, 0.5) is 0 Å². The first-order valence-corrected chi connectivity index (χ1v) is 11.1. The van der Waals surface area contributed by atoms with Gasteiger partial charge in [0.25, 0.3) is 0 Å². The van der Waals surface area contributed by atoms with Crippen LogP contribution in [-0.4, -0.2) is 50.2 Å². The van der Waals surface area contributed by atoms with E-state index in [1.165, 1.54) is 0 Å². The van der Waals surface area contributed by atoms with Crippen LogP contribution >= 0.6 is 0 Å². The quantitative estimate of drug-likeness (QED) is 0.344. The molecule has 3 rings (SSSR count). The average molecular weight is 452 g/mol. The zero-order valence-corrected chi connectivity index (χ0v) is 19.2. The fraction of sp³-hybridized carbons (Fsp3) is 0.333. The third-order valence-electron chi connectivity index (χ3n) is 5.55. The molecule has 0 radical (unpaired) electrons. The van der Waals surface area contributed by atoms with Crippen LogP contribution in [0.3, 0.4) is 0 Å². The maximum absolute atomic E-state index is 11.8. The summed E-state index contributed by atoms with van der Waals surface area (Å²) in [6.45, 7) is 1.26. The Morgan fingerprint density at radius 1 is 0.818 bits per heavy atom. The van der Waals surface area contributed by atoms with Gasteiger partial charge in [-0.3, -0.25) is 0 Å². The van der Waals surface area contributed by atoms with E-state index in [4.69, 9.17) is 14.2 Å². The minimum atomic E-state index is -1.21. The number of hydrogen-bond donors (Lipinski definition) is 3. The Bertz CT molecular complexity index is 932. The van der Waals surface area contributed by atoms with Gasteiger partial charge in [-0.15, -0.1) is 0 Å². The van der Waals surface area contributed by atoms with Crippen molar-refractivity contribution in [2.45, 2.75) is 24.5 Å². The van der Waals surface area contributed by atoms with Crippen LogP contribution < -0.4 is 19.5 Å². The molecule has 0 aliphatic rings. The summed E-state index contributed by atoms with van der Waals surface area (Å²) in [4.78, 5) is 0. The van der Waals surface area contributed by atoms with Crippen molar-refractivity contribution in [3.8, 4) is 17.2 Å². The number of nitrogens with one attached hydrogen (secondary N) is 1. The molecule has 0 fully saturated rings. The fourth-order valence-corrected chi connectivity index (χ4v) is 3.72. The summed E-state index contributed by atoms with van der Waals surface area (Å²) in [7, 11) is 3.22. The Labute approximate surface area is 195 Å². The second-order valence-electron chi connectivity index (χ2n) is 7.91. The summed E-state index contributed by atoms with van der Waals surface area (Å²) in [5, 5.41) is 25.2. The van der Waals surface area contributed by atoms with Crippen LogP contribution in [0.1, 0.15) is 24.0 Å². The molecule has 0 aliphatic heterocycles. The summed E-state index contributed by atoms with van der Waals surface area (Å²) < 4.78 is 16.3. The summed E-state index contributed by atoms with van der Waals surface area (Å²) in [5.74, 6) is 2.11. The number of ether oxygens (including phenoxy) is 3. The van der Waals surface area contributed by atoms with Crippen molar-refractivity contribution < 1.29 is 24.4 Å². The molecule has 0 heterocycles. The first-order chi connectivity index (χ1) is 16.0. The van der Waals surface area contributed by atoms with Crippen LogP contribution in [0.5, 0.6) is 17.2 Å². The summed E-state index contributed by atoms with van der Waals surface area (Å²) in [6.07, 6.45) is 0.551. The predicted octanol–water partition coefficient (Wildman–Crippen LogP) is 3.75. The van der Waals surface area contributed by atoms with E-state index in [0.717, 1.165) is 16.9 Å². The molecule has 3 N–H and O–H groups in total. The molecular weight excluding hydrogens is 418 g/mol. The summed E-state index contributed by atoms with van der Waals surface area (Å²) >= 11 is 0. The Morgan fingerprint density at radius 3 is 1.97 bits per heavy atom. The minimum Gasteiger partial charge on any atom is -0.497 e. The molecule has 3 aromatic rings. The smallest absolute Gasteiger partial charge is 0.119 e. The molecule has 0 amide bonds. The molecule has 0 aliphatic carbocycles. The van der Waals surface area contributed by atoms with Crippen molar-refractivity contribution in [3.63, 3.8) is 0 Å². The van der Waals surface area contributed by atoms with Crippen LogP contribution in [0.2, 0.25) is 0 Å². The lowest BCUT2D eigenvalue weighted by molar-refractivity contribution is 0.0673. The van der Waals surface area contributed by atoms with E-state index < -0.39 is 11.7 Å². The Kier molecular flexibility index (Phi) is 9.13. The molecule has 3 aromatic carbocycles. The SMILES string of the molecule is COc1cccc(C(O)(CCCNCC(O)COc2ccccc2)c2cccc(OC)c2)c1. The minimum absolute atomic E-state index is 0.217. The van der Waals surface area contributed by atoms with E-state index in [9.17, 15) is 10.2 Å². The van der Waals surface area contributed by atoms with Gasteiger partial charge in [0, 0.05) is 6.54 Å². The standard InChI is InChI=1S/C27H33NO5/c1-31-25-13-6-9-21(17-25)27(30,22-10-7-14-26(18-22)32-2)15-8-16-28-19-23(29)20-33-24-11-4-3-5-12-24/h3-7,9-14,17-18,23,28-30H,8,15-16,19-20H2,1-2H3. The molecule has 6 heteroatoms. The number of aliphatic hydroxyl groups excluding tert-OH is 1. The molecule has 176 valence electrons. The molecule has 0 saturated carbocycles. The van der Waals surface area contributed by atoms with Crippen LogP contribution in [0.25, 0.3) is 0 Å². The normalized spacial score (nSPS) is 12.2. The van der Waals surface area contributed by atoms with Gasteiger partial charge >= 0.3 is 0 Å². The number of benzene rings is 3. The average Bonchev–Trinajstić information content (AvgIpc) is 2.87. The number of para-hydroxylation sites is 1. The third kappa shape index (κ3) is 6.96. The van der Waals surface area contributed by atoms with Gasteiger partial charge in [-0.05, 0) is 66.9 Å². The second kappa shape index (κ2) is 12.3. The maximum atomic E-state index is 11.8. The molecule has 33 heavy (non-hydrogen) atoms. The maximum Gasteiger partial charge on any atom is 0.119 e.